The molecule has 0 fully saturated rings. The van der Waals surface area contributed by atoms with Gasteiger partial charge in [-0.3, -0.25) is 4.79 Å². The third-order valence-electron chi connectivity index (χ3n) is 1.96. The molecule has 0 N–H and O–H groups in total. The van der Waals surface area contributed by atoms with Crippen LogP contribution < -0.4 is 0 Å². The fourth-order valence-corrected chi connectivity index (χ4v) is 1.94. The van der Waals surface area contributed by atoms with E-state index < -0.39 is 15.6 Å². The van der Waals surface area contributed by atoms with Gasteiger partial charge in [0.2, 0.25) is 6.05 Å². The zero-order chi connectivity index (χ0) is 11.0. The topological polar surface area (TPSA) is 26.3 Å². The van der Waals surface area contributed by atoms with E-state index in [1.807, 2.05) is 6.92 Å². The van der Waals surface area contributed by atoms with Crippen LogP contribution in [0.15, 0.2) is 0 Å². The number of rotatable bonds is 7. The summed E-state index contributed by atoms with van der Waals surface area (Å²) in [6, 6.07) is -1.86. The molecule has 0 saturated carbocycles. The molecule has 0 aromatic rings. The quantitative estimate of drug-likeness (QED) is 0.374. The minimum Gasteiger partial charge on any atom is -0.465 e. The van der Waals surface area contributed by atoms with Crippen LogP contribution in [-0.2, 0) is 9.53 Å². The van der Waals surface area contributed by atoms with Crippen LogP contribution in [0.4, 0.5) is 8.78 Å². The molecule has 2 nitrogen and oxygen atoms in total. The van der Waals surface area contributed by atoms with Crippen LogP contribution in [0.3, 0.4) is 0 Å². The van der Waals surface area contributed by atoms with Gasteiger partial charge in [0.05, 0.1) is 12.5 Å². The maximum Gasteiger partial charge on any atom is 0.308 e. The minimum atomic E-state index is -2.19. The first-order valence-corrected chi connectivity index (χ1v) is 6.84. The van der Waals surface area contributed by atoms with Gasteiger partial charge in [0.15, 0.2) is 0 Å². The lowest BCUT2D eigenvalue weighted by Gasteiger charge is -2.10. The van der Waals surface area contributed by atoms with Gasteiger partial charge in [-0.2, -0.15) is 0 Å². The first-order valence-electron chi connectivity index (χ1n) is 5.02. The Kier molecular flexibility index (Phi) is 7.65. The van der Waals surface area contributed by atoms with E-state index in [2.05, 4.69) is 0 Å². The summed E-state index contributed by atoms with van der Waals surface area (Å²) in [5, 5.41) is 0. The summed E-state index contributed by atoms with van der Waals surface area (Å²) in [4.78, 5) is 11.2. The van der Waals surface area contributed by atoms with Gasteiger partial charge in [-0.25, -0.2) is 8.78 Å². The van der Waals surface area contributed by atoms with E-state index in [1.54, 1.807) is 6.92 Å². The van der Waals surface area contributed by atoms with Crippen LogP contribution in [0.25, 0.3) is 0 Å². The largest absolute Gasteiger partial charge is 0.465 e. The van der Waals surface area contributed by atoms with E-state index in [9.17, 15) is 13.6 Å². The van der Waals surface area contributed by atoms with Crippen LogP contribution >= 0.6 is 0 Å². The smallest absolute Gasteiger partial charge is 0.308 e. The van der Waals surface area contributed by atoms with E-state index in [1.165, 1.54) is 0 Å². The number of esters is 1. The van der Waals surface area contributed by atoms with Crippen LogP contribution in [0, 0.1) is 5.92 Å². The number of halogens is 2. The fourth-order valence-electron chi connectivity index (χ4n) is 0.953. The highest BCUT2D eigenvalue weighted by Gasteiger charge is 2.16. The van der Waals surface area contributed by atoms with Crippen molar-refractivity contribution < 1.29 is 18.3 Å². The molecule has 0 spiro atoms. The lowest BCUT2D eigenvalue weighted by Crippen LogP contribution is -2.19. The number of carbonyl (C=O) groups excluding carboxylic acids is 1. The molecule has 0 bridgehead atoms. The second kappa shape index (κ2) is 7.91. The number of hydrogen-bond donors (Lipinski definition) is 0. The van der Waals surface area contributed by atoms with Gasteiger partial charge in [0, 0.05) is 0 Å². The van der Waals surface area contributed by atoms with Crippen molar-refractivity contribution in [3.8, 4) is 0 Å². The molecule has 0 aliphatic rings. The van der Waals surface area contributed by atoms with Crippen molar-refractivity contribution in [2.24, 2.45) is 5.92 Å². The Morgan fingerprint density at radius 3 is 2.64 bits per heavy atom. The van der Waals surface area contributed by atoms with E-state index in [4.69, 9.17) is 4.74 Å². The molecule has 5 heteroatoms. The van der Waals surface area contributed by atoms with Crippen LogP contribution in [0.5, 0.6) is 0 Å². The Labute approximate surface area is 85.8 Å². The molecular formula is C9H18F2O2Si. The Balaban J connectivity index is 3.54. The molecular weight excluding hydrogens is 206 g/mol. The molecule has 0 rings (SSSR count). The van der Waals surface area contributed by atoms with Gasteiger partial charge in [0.25, 0.3) is 0 Å². The summed E-state index contributed by atoms with van der Waals surface area (Å²) in [5.41, 5.74) is 0. The Hall–Kier alpha value is -0.453. The maximum absolute atomic E-state index is 11.9. The van der Waals surface area contributed by atoms with Crippen molar-refractivity contribution >= 4 is 15.5 Å². The van der Waals surface area contributed by atoms with Crippen molar-refractivity contribution in [1.29, 1.82) is 0 Å². The van der Waals surface area contributed by atoms with Gasteiger partial charge in [-0.1, -0.05) is 20.3 Å². The highest BCUT2D eigenvalue weighted by Crippen LogP contribution is 2.07. The molecule has 0 radical (unpaired) electrons. The number of ether oxygens (including phenoxy) is 1. The summed E-state index contributed by atoms with van der Waals surface area (Å²) in [6.07, 6.45) is 1.80. The summed E-state index contributed by atoms with van der Waals surface area (Å²) in [7, 11) is -1.41. The average Bonchev–Trinajstić information content (AvgIpc) is 2.14. The predicted molar refractivity (Wildman–Crippen MR) is 54.4 cm³/mol. The summed E-state index contributed by atoms with van der Waals surface area (Å²) in [6.45, 7) is 4.07. The molecule has 0 aliphatic heterocycles. The van der Waals surface area contributed by atoms with Gasteiger partial charge < -0.3 is 4.74 Å². The summed E-state index contributed by atoms with van der Waals surface area (Å²) in [5.74, 6) is -0.681. The van der Waals surface area contributed by atoms with E-state index >= 15 is 0 Å². The van der Waals surface area contributed by atoms with Crippen LogP contribution in [-0.4, -0.2) is 28.1 Å². The van der Waals surface area contributed by atoms with Crippen molar-refractivity contribution in [2.75, 3.05) is 6.61 Å². The van der Waals surface area contributed by atoms with Crippen molar-refractivity contribution in [1.82, 2.24) is 0 Å². The highest BCUT2D eigenvalue weighted by atomic mass is 28.2. The SMILES string of the molecule is CCCCOC(=O)C(C)C[SiH2]C(F)F. The first-order chi connectivity index (χ1) is 6.57. The van der Waals surface area contributed by atoms with Crippen LogP contribution in [0.1, 0.15) is 26.7 Å². The number of alkyl halides is 2. The Bertz CT molecular complexity index is 165. The number of carbonyl (C=O) groups is 1. The van der Waals surface area contributed by atoms with Crippen LogP contribution in [0.2, 0.25) is 6.04 Å². The molecule has 0 aromatic heterocycles. The minimum absolute atomic E-state index is 0.327. The molecule has 1 atom stereocenters. The Morgan fingerprint density at radius 2 is 2.14 bits per heavy atom. The Morgan fingerprint density at radius 1 is 1.50 bits per heavy atom. The van der Waals surface area contributed by atoms with Gasteiger partial charge >= 0.3 is 5.97 Å². The van der Waals surface area contributed by atoms with E-state index in [0.717, 1.165) is 12.8 Å². The molecule has 1 unspecified atom stereocenters. The lowest BCUT2D eigenvalue weighted by molar-refractivity contribution is -0.147. The second-order valence-corrected chi connectivity index (χ2v) is 5.16. The molecule has 0 saturated heterocycles. The highest BCUT2D eigenvalue weighted by molar-refractivity contribution is 6.37. The normalized spacial score (nSPS) is 13.8. The molecule has 0 aliphatic carbocycles. The first kappa shape index (κ1) is 13.5. The van der Waals surface area contributed by atoms with Gasteiger partial charge in [0.1, 0.15) is 9.52 Å². The molecule has 0 amide bonds. The number of hydrogen-bond acceptors (Lipinski definition) is 2. The van der Waals surface area contributed by atoms with Gasteiger partial charge in [-0.05, 0) is 12.5 Å². The summed E-state index contributed by atoms with van der Waals surface area (Å²) >= 11 is 0. The third kappa shape index (κ3) is 7.00. The zero-order valence-corrected chi connectivity index (χ0v) is 10.2. The maximum atomic E-state index is 11.9. The average molecular weight is 224 g/mol. The molecule has 0 aromatic carbocycles. The van der Waals surface area contributed by atoms with Gasteiger partial charge in [-0.15, -0.1) is 0 Å². The van der Waals surface area contributed by atoms with Crippen molar-refractivity contribution in [2.45, 2.75) is 38.8 Å². The monoisotopic (exact) mass is 224 g/mol. The molecule has 14 heavy (non-hydrogen) atoms. The van der Waals surface area contributed by atoms with Crippen molar-refractivity contribution in [3.05, 3.63) is 0 Å². The summed E-state index contributed by atoms with van der Waals surface area (Å²) < 4.78 is 28.7. The second-order valence-electron chi connectivity index (χ2n) is 3.39. The zero-order valence-electron chi connectivity index (χ0n) is 8.76. The lowest BCUT2D eigenvalue weighted by atomic mass is 10.2. The van der Waals surface area contributed by atoms with Crippen molar-refractivity contribution in [3.63, 3.8) is 0 Å². The molecule has 0 heterocycles. The fraction of sp³-hybridized carbons (Fsp3) is 0.889. The predicted octanol–water partition coefficient (Wildman–Crippen LogP) is 1.78. The number of unbranched alkanes of at least 4 members (excludes halogenated alkanes) is 1. The van der Waals surface area contributed by atoms with E-state index in [-0.39, 0.29) is 11.9 Å². The third-order valence-corrected chi connectivity index (χ3v) is 3.60. The van der Waals surface area contributed by atoms with E-state index in [0.29, 0.717) is 12.7 Å². The molecule has 84 valence electrons. The standard InChI is InChI=1S/C9H18F2O2Si/c1-3-4-5-13-8(12)7(2)6-14-9(10)11/h7,9H,3-6,14H2,1-2H3.